The quantitative estimate of drug-likeness (QED) is 0.859. The van der Waals surface area contributed by atoms with Gasteiger partial charge < -0.3 is 10.6 Å². The minimum absolute atomic E-state index is 0.0970. The number of alkyl halides is 6. The summed E-state index contributed by atoms with van der Waals surface area (Å²) in [5, 5.41) is 0. The van der Waals surface area contributed by atoms with Crippen LogP contribution in [0.15, 0.2) is 18.2 Å². The molecular weight excluding hydrogens is 298 g/mol. The van der Waals surface area contributed by atoms with E-state index >= 15 is 0 Å². The van der Waals surface area contributed by atoms with E-state index in [-0.39, 0.29) is 18.2 Å². The van der Waals surface area contributed by atoms with Crippen LogP contribution in [-0.2, 0) is 12.4 Å². The van der Waals surface area contributed by atoms with Gasteiger partial charge in [-0.25, -0.2) is 0 Å². The van der Waals surface area contributed by atoms with Crippen LogP contribution in [0.3, 0.4) is 0 Å². The van der Waals surface area contributed by atoms with Crippen molar-refractivity contribution in [2.24, 2.45) is 5.73 Å². The monoisotopic (exact) mass is 314 g/mol. The van der Waals surface area contributed by atoms with E-state index in [1.54, 1.807) is 18.9 Å². The maximum Gasteiger partial charge on any atom is 0.416 e. The second-order valence-corrected chi connectivity index (χ2v) is 4.80. The molecule has 0 aromatic heterocycles. The maximum atomic E-state index is 12.7. The fraction of sp³-hybridized carbons (Fsp3) is 0.538. The number of nitrogens with zero attached hydrogens (tertiary/aromatic N) is 1. The minimum atomic E-state index is -4.85. The van der Waals surface area contributed by atoms with Crippen LogP contribution in [0.5, 0.6) is 0 Å². The van der Waals surface area contributed by atoms with Gasteiger partial charge in [0.15, 0.2) is 0 Å². The Kier molecular flexibility index (Phi) is 5.27. The highest BCUT2D eigenvalue weighted by molar-refractivity contribution is 5.35. The van der Waals surface area contributed by atoms with Crippen molar-refractivity contribution >= 4 is 0 Å². The average molecular weight is 314 g/mol. The Hall–Kier alpha value is -1.28. The Morgan fingerprint density at radius 1 is 1.00 bits per heavy atom. The highest BCUT2D eigenvalue weighted by atomic mass is 19.4. The summed E-state index contributed by atoms with van der Waals surface area (Å²) in [4.78, 5) is 1.71. The lowest BCUT2D eigenvalue weighted by molar-refractivity contribution is -0.143. The molecule has 2 N–H and O–H groups in total. The number of rotatable bonds is 4. The molecule has 0 aliphatic rings. The van der Waals surface area contributed by atoms with Gasteiger partial charge in [-0.1, -0.05) is 6.92 Å². The van der Waals surface area contributed by atoms with Gasteiger partial charge in [0, 0.05) is 12.6 Å². The van der Waals surface area contributed by atoms with Crippen molar-refractivity contribution in [3.8, 4) is 0 Å². The molecule has 1 aromatic rings. The zero-order valence-corrected chi connectivity index (χ0v) is 11.5. The second-order valence-electron chi connectivity index (χ2n) is 4.80. The van der Waals surface area contributed by atoms with E-state index in [0.29, 0.717) is 18.7 Å². The van der Waals surface area contributed by atoms with Crippen LogP contribution in [0, 0.1) is 0 Å². The van der Waals surface area contributed by atoms with E-state index in [1.807, 2.05) is 0 Å². The van der Waals surface area contributed by atoms with Gasteiger partial charge >= 0.3 is 12.4 Å². The van der Waals surface area contributed by atoms with E-state index in [1.165, 1.54) is 0 Å². The molecule has 0 aliphatic carbocycles. The first kappa shape index (κ1) is 17.8. The van der Waals surface area contributed by atoms with Gasteiger partial charge in [0.1, 0.15) is 0 Å². The summed E-state index contributed by atoms with van der Waals surface area (Å²) in [5.74, 6) is 0. The standard InChI is InChI=1S/C13H16F6N2/c1-3-21(2)7-11(20)8-4-9(12(14,15)16)6-10(5-8)13(17,18)19/h4-6,11H,3,7,20H2,1-2H3. The Morgan fingerprint density at radius 2 is 1.43 bits per heavy atom. The van der Waals surface area contributed by atoms with Gasteiger partial charge in [-0.15, -0.1) is 0 Å². The van der Waals surface area contributed by atoms with Crippen LogP contribution in [0.1, 0.15) is 29.7 Å². The van der Waals surface area contributed by atoms with Gasteiger partial charge in [0.2, 0.25) is 0 Å². The first-order chi connectivity index (χ1) is 9.45. The van der Waals surface area contributed by atoms with Crippen LogP contribution in [0.25, 0.3) is 0 Å². The normalized spacial score (nSPS) is 14.6. The molecule has 0 aliphatic heterocycles. The highest BCUT2D eigenvalue weighted by Gasteiger charge is 2.37. The fourth-order valence-electron chi connectivity index (χ4n) is 1.76. The molecular formula is C13H16F6N2. The molecule has 21 heavy (non-hydrogen) atoms. The summed E-state index contributed by atoms with van der Waals surface area (Å²) < 4.78 is 76.3. The predicted octanol–water partition coefficient (Wildman–Crippen LogP) is 3.68. The molecule has 0 bridgehead atoms. The van der Waals surface area contributed by atoms with E-state index in [2.05, 4.69) is 0 Å². The maximum absolute atomic E-state index is 12.7. The van der Waals surface area contributed by atoms with E-state index in [9.17, 15) is 26.3 Å². The third-order valence-corrected chi connectivity index (χ3v) is 3.09. The van der Waals surface area contributed by atoms with Crippen molar-refractivity contribution in [1.82, 2.24) is 4.90 Å². The van der Waals surface area contributed by atoms with E-state index in [4.69, 9.17) is 5.73 Å². The first-order valence-electron chi connectivity index (χ1n) is 6.18. The largest absolute Gasteiger partial charge is 0.416 e. The SMILES string of the molecule is CCN(C)CC(N)c1cc(C(F)(F)F)cc(C(F)(F)F)c1. The van der Waals surface area contributed by atoms with Crippen molar-refractivity contribution in [1.29, 1.82) is 0 Å². The molecule has 0 radical (unpaired) electrons. The van der Waals surface area contributed by atoms with Crippen molar-refractivity contribution < 1.29 is 26.3 Å². The molecule has 1 aromatic carbocycles. The molecule has 0 heterocycles. The molecule has 120 valence electrons. The molecule has 2 nitrogen and oxygen atoms in total. The number of hydrogen-bond acceptors (Lipinski definition) is 2. The van der Waals surface area contributed by atoms with Crippen LogP contribution in [-0.4, -0.2) is 25.0 Å². The lowest BCUT2D eigenvalue weighted by atomic mass is 9.99. The summed E-state index contributed by atoms with van der Waals surface area (Å²) in [7, 11) is 1.68. The third-order valence-electron chi connectivity index (χ3n) is 3.09. The third kappa shape index (κ3) is 4.89. The van der Waals surface area contributed by atoms with Crippen LogP contribution in [0.4, 0.5) is 26.3 Å². The van der Waals surface area contributed by atoms with Crippen molar-refractivity contribution in [3.05, 3.63) is 34.9 Å². The Morgan fingerprint density at radius 3 is 1.76 bits per heavy atom. The molecule has 0 saturated heterocycles. The summed E-state index contributed by atoms with van der Waals surface area (Å²) in [5.41, 5.74) is 2.85. The van der Waals surface area contributed by atoms with Gasteiger partial charge in [-0.2, -0.15) is 26.3 Å². The Bertz CT molecular complexity index is 448. The lowest BCUT2D eigenvalue weighted by Gasteiger charge is -2.22. The molecule has 0 spiro atoms. The van der Waals surface area contributed by atoms with Gasteiger partial charge in [0.25, 0.3) is 0 Å². The zero-order chi connectivity index (χ0) is 16.4. The topological polar surface area (TPSA) is 29.3 Å². The summed E-state index contributed by atoms with van der Waals surface area (Å²) in [6, 6.07) is 0.505. The number of hydrogen-bond donors (Lipinski definition) is 1. The Balaban J connectivity index is 3.25. The summed E-state index contributed by atoms with van der Waals surface area (Å²) >= 11 is 0. The van der Waals surface area contributed by atoms with Gasteiger partial charge in [-0.3, -0.25) is 0 Å². The van der Waals surface area contributed by atoms with Crippen LogP contribution < -0.4 is 5.73 Å². The molecule has 0 fully saturated rings. The number of likely N-dealkylation sites (N-methyl/N-ethyl adjacent to an activating group) is 1. The van der Waals surface area contributed by atoms with Crippen molar-refractivity contribution in [2.75, 3.05) is 20.1 Å². The average Bonchev–Trinajstić information content (AvgIpc) is 2.35. The smallest absolute Gasteiger partial charge is 0.323 e. The van der Waals surface area contributed by atoms with Crippen LogP contribution in [0.2, 0.25) is 0 Å². The van der Waals surface area contributed by atoms with Gasteiger partial charge in [-0.05, 0) is 37.4 Å². The first-order valence-corrected chi connectivity index (χ1v) is 6.18. The van der Waals surface area contributed by atoms with Gasteiger partial charge in [0.05, 0.1) is 11.1 Å². The van der Waals surface area contributed by atoms with E-state index < -0.39 is 29.5 Å². The molecule has 0 saturated carbocycles. The molecule has 1 atom stereocenters. The number of halogens is 6. The summed E-state index contributed by atoms with van der Waals surface area (Å²) in [6.45, 7) is 2.55. The zero-order valence-electron chi connectivity index (χ0n) is 11.5. The Labute approximate surface area is 118 Å². The highest BCUT2D eigenvalue weighted by Crippen LogP contribution is 2.37. The van der Waals surface area contributed by atoms with Crippen molar-refractivity contribution in [2.45, 2.75) is 25.3 Å². The summed E-state index contributed by atoms with van der Waals surface area (Å²) in [6.07, 6.45) is -9.71. The number of nitrogens with two attached hydrogens (primary N) is 1. The van der Waals surface area contributed by atoms with Crippen molar-refractivity contribution in [3.63, 3.8) is 0 Å². The fourth-order valence-corrected chi connectivity index (χ4v) is 1.76. The van der Waals surface area contributed by atoms with E-state index in [0.717, 1.165) is 0 Å². The second kappa shape index (κ2) is 6.23. The molecule has 0 amide bonds. The molecule has 8 heteroatoms. The van der Waals surface area contributed by atoms with Crippen LogP contribution >= 0.6 is 0 Å². The molecule has 1 rings (SSSR count). The number of benzene rings is 1. The predicted molar refractivity (Wildman–Crippen MR) is 66.5 cm³/mol. The lowest BCUT2D eigenvalue weighted by Crippen LogP contribution is -2.29. The molecule has 1 unspecified atom stereocenters. The minimum Gasteiger partial charge on any atom is -0.323 e.